The molecule has 2 rings (SSSR count). The van der Waals surface area contributed by atoms with Crippen LogP contribution in [0.3, 0.4) is 0 Å². The molecule has 4 nitrogen and oxygen atoms in total. The normalized spacial score (nSPS) is 21.6. The summed E-state index contributed by atoms with van der Waals surface area (Å²) in [6.07, 6.45) is 0.649. The van der Waals surface area contributed by atoms with Gasteiger partial charge in [0.05, 0.1) is 12.1 Å². The summed E-state index contributed by atoms with van der Waals surface area (Å²) >= 11 is 0. The van der Waals surface area contributed by atoms with E-state index in [1.807, 2.05) is 39.0 Å². The largest absolute Gasteiger partial charge is 0.487 e. The van der Waals surface area contributed by atoms with Gasteiger partial charge in [-0.3, -0.25) is 4.79 Å². The highest BCUT2D eigenvalue weighted by Crippen LogP contribution is 2.40. The summed E-state index contributed by atoms with van der Waals surface area (Å²) in [5.74, 6) is 0.813. The number of nitrogens with one attached hydrogen (secondary N) is 1. The molecule has 0 saturated heterocycles. The van der Waals surface area contributed by atoms with Gasteiger partial charge in [-0.05, 0) is 38.5 Å². The average Bonchev–Trinajstić information content (AvgIpc) is 2.36. The predicted molar refractivity (Wildman–Crippen MR) is 77.6 cm³/mol. The Balaban J connectivity index is 2.38. The van der Waals surface area contributed by atoms with E-state index in [0.717, 1.165) is 23.3 Å². The molecule has 1 aromatic rings. The van der Waals surface area contributed by atoms with Crippen LogP contribution in [0.5, 0.6) is 5.75 Å². The van der Waals surface area contributed by atoms with Gasteiger partial charge in [0, 0.05) is 18.4 Å². The first-order chi connectivity index (χ1) is 9.32. The van der Waals surface area contributed by atoms with Crippen LogP contribution >= 0.6 is 0 Å². The predicted octanol–water partition coefficient (Wildman–Crippen LogP) is 2.87. The molecule has 4 heteroatoms. The van der Waals surface area contributed by atoms with E-state index < -0.39 is 6.10 Å². The molecule has 0 aliphatic carbocycles. The Morgan fingerprint density at radius 2 is 2.25 bits per heavy atom. The second-order valence-corrected chi connectivity index (χ2v) is 6.01. The fourth-order valence-corrected chi connectivity index (χ4v) is 2.56. The SMILES string of the molecule is CCC(=O)NC1CC(C)(C)Oc2ccc(C(C)O)cc21. The maximum atomic E-state index is 11.7. The van der Waals surface area contributed by atoms with E-state index in [-0.39, 0.29) is 17.6 Å². The molecule has 1 heterocycles. The lowest BCUT2D eigenvalue weighted by Gasteiger charge is -2.38. The van der Waals surface area contributed by atoms with Crippen molar-refractivity contribution in [3.63, 3.8) is 0 Å². The maximum Gasteiger partial charge on any atom is 0.220 e. The number of hydrogen-bond donors (Lipinski definition) is 2. The van der Waals surface area contributed by atoms with Crippen LogP contribution in [0.25, 0.3) is 0 Å². The lowest BCUT2D eigenvalue weighted by Crippen LogP contribution is -2.41. The molecule has 2 unspecified atom stereocenters. The van der Waals surface area contributed by atoms with Crippen LogP contribution in [-0.4, -0.2) is 16.6 Å². The fourth-order valence-electron chi connectivity index (χ4n) is 2.56. The van der Waals surface area contributed by atoms with Gasteiger partial charge in [0.2, 0.25) is 5.91 Å². The Labute approximate surface area is 120 Å². The van der Waals surface area contributed by atoms with E-state index in [1.54, 1.807) is 6.92 Å². The molecule has 1 aromatic carbocycles. The van der Waals surface area contributed by atoms with Gasteiger partial charge >= 0.3 is 0 Å². The lowest BCUT2D eigenvalue weighted by molar-refractivity contribution is -0.122. The molecule has 0 saturated carbocycles. The fraction of sp³-hybridized carbons (Fsp3) is 0.562. The molecule has 20 heavy (non-hydrogen) atoms. The number of aliphatic hydroxyl groups is 1. The minimum atomic E-state index is -0.530. The van der Waals surface area contributed by atoms with Crippen molar-refractivity contribution in [3.05, 3.63) is 29.3 Å². The summed E-state index contributed by atoms with van der Waals surface area (Å²) in [7, 11) is 0. The van der Waals surface area contributed by atoms with Crippen molar-refractivity contribution < 1.29 is 14.6 Å². The third-order valence-corrected chi connectivity index (χ3v) is 3.63. The number of carbonyl (C=O) groups excluding carboxylic acids is 1. The number of carbonyl (C=O) groups is 1. The van der Waals surface area contributed by atoms with Gasteiger partial charge in [-0.2, -0.15) is 0 Å². The van der Waals surface area contributed by atoms with Crippen LogP contribution < -0.4 is 10.1 Å². The molecule has 2 N–H and O–H groups in total. The quantitative estimate of drug-likeness (QED) is 0.893. The topological polar surface area (TPSA) is 58.6 Å². The summed E-state index contributed by atoms with van der Waals surface area (Å²) in [6.45, 7) is 7.61. The van der Waals surface area contributed by atoms with Crippen molar-refractivity contribution in [1.82, 2.24) is 5.32 Å². The van der Waals surface area contributed by atoms with Crippen molar-refractivity contribution in [2.75, 3.05) is 0 Å². The lowest BCUT2D eigenvalue weighted by atomic mass is 9.88. The summed E-state index contributed by atoms with van der Waals surface area (Å²) in [6, 6.07) is 5.60. The van der Waals surface area contributed by atoms with Gasteiger partial charge in [0.25, 0.3) is 0 Å². The standard InChI is InChI=1S/C16H23NO3/c1-5-15(19)17-13-9-16(3,4)20-14-7-6-11(10(2)18)8-12(13)14/h6-8,10,13,18H,5,9H2,1-4H3,(H,17,19). The minimum Gasteiger partial charge on any atom is -0.487 e. The summed E-state index contributed by atoms with van der Waals surface area (Å²) < 4.78 is 5.97. The number of rotatable bonds is 3. The van der Waals surface area contributed by atoms with Crippen LogP contribution in [0.1, 0.15) is 63.8 Å². The summed E-state index contributed by atoms with van der Waals surface area (Å²) in [5, 5.41) is 12.8. The Morgan fingerprint density at radius 1 is 1.55 bits per heavy atom. The van der Waals surface area contributed by atoms with Crippen LogP contribution in [0, 0.1) is 0 Å². The zero-order valence-electron chi connectivity index (χ0n) is 12.6. The van der Waals surface area contributed by atoms with Crippen LogP contribution in [0.15, 0.2) is 18.2 Å². The highest BCUT2D eigenvalue weighted by atomic mass is 16.5. The molecular formula is C16H23NO3. The Bertz CT molecular complexity index is 508. The van der Waals surface area contributed by atoms with Crippen LogP contribution in [0.4, 0.5) is 0 Å². The Kier molecular flexibility index (Phi) is 4.04. The van der Waals surface area contributed by atoms with E-state index in [2.05, 4.69) is 5.32 Å². The number of ether oxygens (including phenoxy) is 1. The van der Waals surface area contributed by atoms with E-state index in [1.165, 1.54) is 0 Å². The summed E-state index contributed by atoms with van der Waals surface area (Å²) in [5.41, 5.74) is 1.47. The van der Waals surface area contributed by atoms with Gasteiger partial charge in [-0.15, -0.1) is 0 Å². The smallest absolute Gasteiger partial charge is 0.220 e. The zero-order chi connectivity index (χ0) is 14.9. The monoisotopic (exact) mass is 277 g/mol. The third-order valence-electron chi connectivity index (χ3n) is 3.63. The van der Waals surface area contributed by atoms with Gasteiger partial charge < -0.3 is 15.2 Å². The van der Waals surface area contributed by atoms with Gasteiger partial charge in [0.15, 0.2) is 0 Å². The number of aliphatic hydroxyl groups excluding tert-OH is 1. The number of hydrogen-bond acceptors (Lipinski definition) is 3. The van der Waals surface area contributed by atoms with E-state index >= 15 is 0 Å². The minimum absolute atomic E-state index is 0.0288. The molecule has 2 atom stereocenters. The molecule has 1 aliphatic rings. The molecule has 0 fully saturated rings. The first kappa shape index (κ1) is 14.9. The van der Waals surface area contributed by atoms with Crippen molar-refractivity contribution in [2.24, 2.45) is 0 Å². The molecule has 0 aromatic heterocycles. The molecule has 0 spiro atoms. The second-order valence-electron chi connectivity index (χ2n) is 6.01. The summed E-state index contributed by atoms with van der Waals surface area (Å²) in [4.78, 5) is 11.7. The van der Waals surface area contributed by atoms with Crippen molar-refractivity contribution in [1.29, 1.82) is 0 Å². The number of amides is 1. The Morgan fingerprint density at radius 3 is 2.85 bits per heavy atom. The first-order valence-electron chi connectivity index (χ1n) is 7.12. The molecule has 0 radical (unpaired) electrons. The molecule has 1 amide bonds. The molecule has 0 bridgehead atoms. The van der Waals surface area contributed by atoms with Crippen molar-refractivity contribution in [3.8, 4) is 5.75 Å². The first-order valence-corrected chi connectivity index (χ1v) is 7.12. The van der Waals surface area contributed by atoms with E-state index in [0.29, 0.717) is 6.42 Å². The molecule has 1 aliphatic heterocycles. The van der Waals surface area contributed by atoms with Crippen LogP contribution in [-0.2, 0) is 4.79 Å². The second kappa shape index (κ2) is 5.44. The zero-order valence-corrected chi connectivity index (χ0v) is 12.6. The van der Waals surface area contributed by atoms with Gasteiger partial charge in [-0.25, -0.2) is 0 Å². The number of fused-ring (bicyclic) bond motifs is 1. The molecular weight excluding hydrogens is 254 g/mol. The van der Waals surface area contributed by atoms with E-state index in [9.17, 15) is 9.90 Å². The highest BCUT2D eigenvalue weighted by Gasteiger charge is 2.34. The Hall–Kier alpha value is -1.55. The van der Waals surface area contributed by atoms with Gasteiger partial charge in [-0.1, -0.05) is 13.0 Å². The third kappa shape index (κ3) is 3.12. The van der Waals surface area contributed by atoms with Crippen molar-refractivity contribution >= 4 is 5.91 Å². The number of benzene rings is 1. The van der Waals surface area contributed by atoms with Gasteiger partial charge in [0.1, 0.15) is 11.4 Å². The maximum absolute atomic E-state index is 11.7. The average molecular weight is 277 g/mol. The van der Waals surface area contributed by atoms with Crippen LogP contribution in [0.2, 0.25) is 0 Å². The molecule has 110 valence electrons. The van der Waals surface area contributed by atoms with E-state index in [4.69, 9.17) is 4.74 Å². The highest BCUT2D eigenvalue weighted by molar-refractivity contribution is 5.76. The van der Waals surface area contributed by atoms with Crippen molar-refractivity contribution in [2.45, 2.75) is 58.3 Å².